The van der Waals surface area contributed by atoms with Crippen LogP contribution in [0.5, 0.6) is 5.75 Å². The van der Waals surface area contributed by atoms with Gasteiger partial charge in [0.2, 0.25) is 0 Å². The Kier molecular flexibility index (Phi) is 8.99. The average Bonchev–Trinajstić information content (AvgIpc) is 2.95. The van der Waals surface area contributed by atoms with E-state index in [4.69, 9.17) is 9.47 Å². The first kappa shape index (κ1) is 26.6. The zero-order valence-corrected chi connectivity index (χ0v) is 22.4. The number of benzene rings is 3. The predicted octanol–water partition coefficient (Wildman–Crippen LogP) is 5.32. The summed E-state index contributed by atoms with van der Waals surface area (Å²) in [5, 5.41) is 3.05. The third-order valence-corrected chi connectivity index (χ3v) is 6.84. The molecule has 200 valence electrons. The van der Waals surface area contributed by atoms with Crippen LogP contribution in [0.2, 0.25) is 0 Å². The monoisotopic (exact) mass is 521 g/mol. The maximum absolute atomic E-state index is 13.0. The van der Waals surface area contributed by atoms with Gasteiger partial charge in [0, 0.05) is 44.4 Å². The van der Waals surface area contributed by atoms with E-state index in [2.05, 4.69) is 64.6 Å². The first-order chi connectivity index (χ1) is 19.1. The van der Waals surface area contributed by atoms with Crippen LogP contribution in [0.15, 0.2) is 91.1 Å². The summed E-state index contributed by atoms with van der Waals surface area (Å²) < 4.78 is 12.0. The van der Waals surface area contributed by atoms with Crippen LogP contribution < -0.4 is 10.1 Å². The number of carbonyl (C=O) groups excluding carboxylic acids is 1. The van der Waals surface area contributed by atoms with Crippen molar-refractivity contribution in [1.82, 2.24) is 15.2 Å². The number of aryl methyl sites for hydroxylation is 1. The van der Waals surface area contributed by atoms with Crippen molar-refractivity contribution in [2.45, 2.75) is 33.0 Å². The molecular weight excluding hydrogens is 486 g/mol. The molecule has 1 N–H and O–H groups in total. The minimum absolute atomic E-state index is 0.0972. The number of amides is 1. The lowest BCUT2D eigenvalue weighted by Gasteiger charge is -2.23. The smallest absolute Gasteiger partial charge is 0.251 e. The Labute approximate surface area is 230 Å². The van der Waals surface area contributed by atoms with E-state index in [0.29, 0.717) is 38.3 Å². The van der Waals surface area contributed by atoms with Gasteiger partial charge in [0.15, 0.2) is 0 Å². The van der Waals surface area contributed by atoms with Crippen LogP contribution in [0.4, 0.5) is 0 Å². The third-order valence-electron chi connectivity index (χ3n) is 6.84. The molecule has 1 aromatic heterocycles. The van der Waals surface area contributed by atoms with Gasteiger partial charge >= 0.3 is 0 Å². The molecule has 6 nitrogen and oxygen atoms in total. The fraction of sp³-hybridized carbons (Fsp3) is 0.273. The van der Waals surface area contributed by atoms with Gasteiger partial charge in [0.1, 0.15) is 12.4 Å². The van der Waals surface area contributed by atoms with Gasteiger partial charge in [-0.2, -0.15) is 0 Å². The van der Waals surface area contributed by atoms with Crippen LogP contribution in [-0.4, -0.2) is 42.2 Å². The van der Waals surface area contributed by atoms with Crippen LogP contribution in [0.3, 0.4) is 0 Å². The molecule has 3 aromatic carbocycles. The van der Waals surface area contributed by atoms with Crippen LogP contribution in [0, 0.1) is 6.92 Å². The molecule has 1 aliphatic heterocycles. The first-order valence-electron chi connectivity index (χ1n) is 13.5. The van der Waals surface area contributed by atoms with Crippen molar-refractivity contribution < 1.29 is 14.3 Å². The van der Waals surface area contributed by atoms with Gasteiger partial charge in [-0.25, -0.2) is 0 Å². The second-order valence-corrected chi connectivity index (χ2v) is 9.98. The summed E-state index contributed by atoms with van der Waals surface area (Å²) >= 11 is 0. The summed E-state index contributed by atoms with van der Waals surface area (Å²) in [7, 11) is 0. The van der Waals surface area contributed by atoms with Gasteiger partial charge in [-0.15, -0.1) is 0 Å². The summed E-state index contributed by atoms with van der Waals surface area (Å²) in [6.07, 6.45) is 2.51. The van der Waals surface area contributed by atoms with Crippen LogP contribution in [0.1, 0.15) is 43.9 Å². The molecule has 1 aliphatic rings. The Bertz CT molecular complexity index is 1370. The minimum Gasteiger partial charge on any atom is -0.491 e. The number of carbonyl (C=O) groups is 1. The van der Waals surface area contributed by atoms with Crippen molar-refractivity contribution in [2.75, 3.05) is 26.4 Å². The molecule has 0 saturated carbocycles. The van der Waals surface area contributed by atoms with Crippen molar-refractivity contribution >= 4 is 5.91 Å². The van der Waals surface area contributed by atoms with Gasteiger partial charge in [0.25, 0.3) is 5.91 Å². The second kappa shape index (κ2) is 13.2. The van der Waals surface area contributed by atoms with Crippen molar-refractivity contribution in [3.05, 3.63) is 130 Å². The topological polar surface area (TPSA) is 63.7 Å². The number of aromatic nitrogens is 1. The molecule has 6 heteroatoms. The van der Waals surface area contributed by atoms with Crippen molar-refractivity contribution in [1.29, 1.82) is 0 Å². The van der Waals surface area contributed by atoms with E-state index in [1.165, 1.54) is 16.7 Å². The van der Waals surface area contributed by atoms with E-state index >= 15 is 0 Å². The number of rotatable bonds is 5. The quantitative estimate of drug-likeness (QED) is 0.385. The lowest BCUT2D eigenvalue weighted by atomic mass is 9.99. The Balaban J connectivity index is 1.34. The van der Waals surface area contributed by atoms with Gasteiger partial charge in [0.05, 0.1) is 18.9 Å². The molecule has 0 saturated heterocycles. The largest absolute Gasteiger partial charge is 0.491 e. The van der Waals surface area contributed by atoms with Gasteiger partial charge < -0.3 is 14.8 Å². The number of pyridine rings is 1. The molecule has 0 spiro atoms. The Morgan fingerprint density at radius 2 is 1.79 bits per heavy atom. The molecular formula is C33H35N3O3. The highest BCUT2D eigenvalue weighted by Crippen LogP contribution is 2.25. The average molecular weight is 522 g/mol. The van der Waals surface area contributed by atoms with E-state index in [1.54, 1.807) is 0 Å². The van der Waals surface area contributed by atoms with Crippen molar-refractivity contribution in [2.24, 2.45) is 0 Å². The minimum atomic E-state index is -0.0972. The summed E-state index contributed by atoms with van der Waals surface area (Å²) in [6.45, 7) is 6.47. The molecule has 39 heavy (non-hydrogen) atoms. The van der Waals surface area contributed by atoms with E-state index in [1.807, 2.05) is 48.7 Å². The predicted molar refractivity (Wildman–Crippen MR) is 153 cm³/mol. The number of ether oxygens (including phenoxy) is 2. The molecule has 0 unspecified atom stereocenters. The molecule has 4 aromatic rings. The SMILES string of the molecule is Cc1ccc(CNC(=O)c2ccc3c(c2)Cc2cccc(c2)CN(Cc2ccccn2)CCOCCO3)cc1. The van der Waals surface area contributed by atoms with Crippen molar-refractivity contribution in [3.63, 3.8) is 0 Å². The number of hydrogen-bond donors (Lipinski definition) is 1. The first-order valence-corrected chi connectivity index (χ1v) is 13.5. The lowest BCUT2D eigenvalue weighted by Crippen LogP contribution is -2.28. The van der Waals surface area contributed by atoms with Gasteiger partial charge in [-0.05, 0) is 59.5 Å². The Morgan fingerprint density at radius 3 is 2.64 bits per heavy atom. The zero-order valence-electron chi connectivity index (χ0n) is 22.4. The van der Waals surface area contributed by atoms with E-state index in [-0.39, 0.29) is 5.91 Å². The van der Waals surface area contributed by atoms with Gasteiger partial charge in [-0.3, -0.25) is 14.7 Å². The standard InChI is InChI=1S/C33H35N3O3/c1-25-8-10-26(11-9-25)22-35-33(37)29-12-13-32-30(21-29)20-27-5-4-6-28(19-27)23-36(15-16-38-17-18-39-32)24-31-7-2-3-14-34-31/h2-14,19,21H,15-18,20,22-24H2,1H3,(H,35,37). The maximum atomic E-state index is 13.0. The molecule has 0 atom stereocenters. The molecule has 0 radical (unpaired) electrons. The number of nitrogens with one attached hydrogen (secondary N) is 1. The lowest BCUT2D eigenvalue weighted by molar-refractivity contribution is 0.0754. The number of hydrogen-bond acceptors (Lipinski definition) is 5. The Hall–Kier alpha value is -4.00. The molecule has 0 fully saturated rings. The van der Waals surface area contributed by atoms with Crippen LogP contribution in [-0.2, 0) is 30.8 Å². The highest BCUT2D eigenvalue weighted by atomic mass is 16.5. The van der Waals surface area contributed by atoms with Crippen LogP contribution in [0.25, 0.3) is 0 Å². The van der Waals surface area contributed by atoms with E-state index in [0.717, 1.165) is 42.2 Å². The summed E-state index contributed by atoms with van der Waals surface area (Å²) in [5.41, 5.74) is 7.34. The highest BCUT2D eigenvalue weighted by Gasteiger charge is 2.14. The zero-order chi connectivity index (χ0) is 26.9. The number of nitrogens with zero attached hydrogens (tertiary/aromatic N) is 2. The fourth-order valence-corrected chi connectivity index (χ4v) is 4.75. The van der Waals surface area contributed by atoms with Gasteiger partial charge in [-0.1, -0.05) is 60.2 Å². The Morgan fingerprint density at radius 1 is 0.923 bits per heavy atom. The molecule has 2 bridgehead atoms. The summed E-state index contributed by atoms with van der Waals surface area (Å²) in [5.74, 6) is 0.688. The maximum Gasteiger partial charge on any atom is 0.251 e. The molecule has 2 heterocycles. The summed E-state index contributed by atoms with van der Waals surface area (Å²) in [6, 6.07) is 28.5. The third kappa shape index (κ3) is 7.76. The molecule has 0 aliphatic carbocycles. The molecule has 5 rings (SSSR count). The number of fused-ring (bicyclic) bond motifs is 3. The normalized spacial score (nSPS) is 14.5. The molecule has 1 amide bonds. The van der Waals surface area contributed by atoms with Crippen molar-refractivity contribution in [3.8, 4) is 5.75 Å². The summed E-state index contributed by atoms with van der Waals surface area (Å²) in [4.78, 5) is 19.9. The van der Waals surface area contributed by atoms with E-state index in [9.17, 15) is 4.79 Å². The van der Waals surface area contributed by atoms with E-state index < -0.39 is 0 Å². The second-order valence-electron chi connectivity index (χ2n) is 9.98. The highest BCUT2D eigenvalue weighted by molar-refractivity contribution is 5.94. The van der Waals surface area contributed by atoms with Crippen LogP contribution >= 0.6 is 0 Å². The fourth-order valence-electron chi connectivity index (χ4n) is 4.75.